The largest absolute Gasteiger partial charge is 0.479 e. The maximum absolute atomic E-state index is 12.1. The molecule has 1 rings (SSSR count). The molecule has 104 valence electrons. The van der Waals surface area contributed by atoms with Gasteiger partial charge in [-0.05, 0) is 12.8 Å². The Kier molecular flexibility index (Phi) is 5.40. The second-order valence-electron chi connectivity index (χ2n) is 4.51. The Hall–Kier alpha value is -1.30. The molecule has 0 radical (unpaired) electrons. The van der Waals surface area contributed by atoms with Gasteiger partial charge in [0.05, 0.1) is 12.6 Å². The van der Waals surface area contributed by atoms with E-state index in [0.717, 1.165) is 19.4 Å². The van der Waals surface area contributed by atoms with Crippen molar-refractivity contribution in [2.75, 3.05) is 26.7 Å². The molecule has 1 N–H and O–H groups in total. The summed E-state index contributed by atoms with van der Waals surface area (Å²) in [6.45, 7) is 5.48. The molecule has 1 aliphatic rings. The number of aliphatic carboxylic acids is 1. The summed E-state index contributed by atoms with van der Waals surface area (Å²) in [6.07, 6.45) is 0.836. The summed E-state index contributed by atoms with van der Waals surface area (Å²) in [7, 11) is 1.35. The first-order valence-corrected chi connectivity index (χ1v) is 6.36. The van der Waals surface area contributed by atoms with Gasteiger partial charge in [0.15, 0.2) is 6.10 Å². The Labute approximate surface area is 107 Å². The summed E-state index contributed by atoms with van der Waals surface area (Å²) < 4.78 is 4.87. The van der Waals surface area contributed by atoms with E-state index in [1.807, 2.05) is 18.7 Å². The summed E-state index contributed by atoms with van der Waals surface area (Å²) in [5.41, 5.74) is 0. The van der Waals surface area contributed by atoms with Crippen molar-refractivity contribution in [1.82, 2.24) is 9.80 Å². The summed E-state index contributed by atoms with van der Waals surface area (Å²) in [5.74, 6) is -1.03. The summed E-state index contributed by atoms with van der Waals surface area (Å²) in [4.78, 5) is 26.5. The first-order chi connectivity index (χ1) is 8.54. The number of amides is 2. The van der Waals surface area contributed by atoms with Gasteiger partial charge in [0.1, 0.15) is 0 Å². The summed E-state index contributed by atoms with van der Waals surface area (Å²) in [6, 6.07) is 0.107. The minimum Gasteiger partial charge on any atom is -0.479 e. The second kappa shape index (κ2) is 6.58. The SMILES string of the molecule is CCCN1C(=O)N(CC(OC)C(=O)O)C[C@@H]1CC. The smallest absolute Gasteiger partial charge is 0.334 e. The molecule has 0 aliphatic carbocycles. The molecule has 1 heterocycles. The van der Waals surface area contributed by atoms with Crippen LogP contribution in [0.25, 0.3) is 0 Å². The van der Waals surface area contributed by atoms with Crippen LogP contribution >= 0.6 is 0 Å². The molecule has 0 aromatic carbocycles. The monoisotopic (exact) mass is 258 g/mol. The fourth-order valence-electron chi connectivity index (χ4n) is 2.24. The molecule has 1 fully saturated rings. The molecule has 2 atom stereocenters. The summed E-state index contributed by atoms with van der Waals surface area (Å²) >= 11 is 0. The van der Waals surface area contributed by atoms with E-state index in [1.54, 1.807) is 4.90 Å². The number of rotatable bonds is 7. The van der Waals surface area contributed by atoms with Gasteiger partial charge >= 0.3 is 12.0 Å². The Morgan fingerprint density at radius 1 is 1.56 bits per heavy atom. The number of nitrogens with zero attached hydrogens (tertiary/aromatic N) is 2. The number of hydrogen-bond donors (Lipinski definition) is 1. The standard InChI is InChI=1S/C12H22N2O4/c1-4-6-14-9(5-2)7-13(12(14)17)8-10(18-3)11(15)16/h9-10H,4-8H2,1-3H3,(H,15,16)/t9-,10?/m0/s1. The molecular weight excluding hydrogens is 236 g/mol. The highest BCUT2D eigenvalue weighted by atomic mass is 16.5. The van der Waals surface area contributed by atoms with Crippen LogP contribution in [0.2, 0.25) is 0 Å². The predicted octanol–water partition coefficient (Wildman–Crippen LogP) is 1.01. The van der Waals surface area contributed by atoms with Crippen LogP contribution in [-0.4, -0.2) is 65.8 Å². The van der Waals surface area contributed by atoms with E-state index in [9.17, 15) is 9.59 Å². The first kappa shape index (κ1) is 14.8. The third kappa shape index (κ3) is 3.13. The topological polar surface area (TPSA) is 70.1 Å². The van der Waals surface area contributed by atoms with E-state index in [1.165, 1.54) is 7.11 Å². The van der Waals surface area contributed by atoms with Gasteiger partial charge < -0.3 is 19.6 Å². The predicted molar refractivity (Wildman–Crippen MR) is 66.5 cm³/mol. The Morgan fingerprint density at radius 2 is 2.22 bits per heavy atom. The van der Waals surface area contributed by atoms with Gasteiger partial charge in [0, 0.05) is 20.2 Å². The normalized spacial score (nSPS) is 21.5. The summed E-state index contributed by atoms with van der Waals surface area (Å²) in [5, 5.41) is 8.94. The molecule has 1 aliphatic heterocycles. The van der Waals surface area contributed by atoms with Crippen molar-refractivity contribution in [3.8, 4) is 0 Å². The molecule has 0 saturated carbocycles. The van der Waals surface area contributed by atoms with Gasteiger partial charge in [-0.3, -0.25) is 0 Å². The Balaban J connectivity index is 2.68. The molecule has 2 amide bonds. The third-order valence-electron chi connectivity index (χ3n) is 3.27. The molecule has 6 heteroatoms. The van der Waals surface area contributed by atoms with Gasteiger partial charge in [0.2, 0.25) is 0 Å². The van der Waals surface area contributed by atoms with E-state index in [2.05, 4.69) is 0 Å². The number of carbonyl (C=O) groups is 2. The number of urea groups is 1. The van der Waals surface area contributed by atoms with Crippen molar-refractivity contribution in [1.29, 1.82) is 0 Å². The van der Waals surface area contributed by atoms with Gasteiger partial charge in [0.25, 0.3) is 0 Å². The maximum Gasteiger partial charge on any atom is 0.334 e. The number of carboxylic acids is 1. The zero-order chi connectivity index (χ0) is 13.7. The number of carbonyl (C=O) groups excluding carboxylic acids is 1. The average Bonchev–Trinajstić information content (AvgIpc) is 2.64. The fourth-order valence-corrected chi connectivity index (χ4v) is 2.24. The molecule has 1 unspecified atom stereocenters. The zero-order valence-corrected chi connectivity index (χ0v) is 11.3. The lowest BCUT2D eigenvalue weighted by atomic mass is 10.2. The van der Waals surface area contributed by atoms with E-state index in [4.69, 9.17) is 9.84 Å². The van der Waals surface area contributed by atoms with E-state index >= 15 is 0 Å². The Bertz CT molecular complexity index is 308. The molecular formula is C12H22N2O4. The van der Waals surface area contributed by atoms with Crippen molar-refractivity contribution < 1.29 is 19.4 Å². The number of methoxy groups -OCH3 is 1. The maximum atomic E-state index is 12.1. The van der Waals surface area contributed by atoms with Crippen molar-refractivity contribution in [3.05, 3.63) is 0 Å². The Morgan fingerprint density at radius 3 is 2.67 bits per heavy atom. The molecule has 0 aromatic rings. The lowest BCUT2D eigenvalue weighted by Crippen LogP contribution is -2.41. The van der Waals surface area contributed by atoms with Crippen LogP contribution in [0.5, 0.6) is 0 Å². The van der Waals surface area contributed by atoms with Crippen molar-refractivity contribution in [2.24, 2.45) is 0 Å². The van der Waals surface area contributed by atoms with Crippen LogP contribution in [0.3, 0.4) is 0 Å². The lowest BCUT2D eigenvalue weighted by Gasteiger charge is -2.22. The van der Waals surface area contributed by atoms with E-state index in [0.29, 0.717) is 6.54 Å². The average molecular weight is 258 g/mol. The van der Waals surface area contributed by atoms with Crippen LogP contribution in [0.4, 0.5) is 4.79 Å². The molecule has 0 bridgehead atoms. The highest BCUT2D eigenvalue weighted by molar-refractivity contribution is 5.79. The first-order valence-electron chi connectivity index (χ1n) is 6.36. The molecule has 1 saturated heterocycles. The third-order valence-corrected chi connectivity index (χ3v) is 3.27. The molecule has 0 spiro atoms. The highest BCUT2D eigenvalue weighted by Crippen LogP contribution is 2.19. The minimum atomic E-state index is -1.03. The number of ether oxygens (including phenoxy) is 1. The van der Waals surface area contributed by atoms with Gasteiger partial charge in [-0.2, -0.15) is 0 Å². The fraction of sp³-hybridized carbons (Fsp3) is 0.833. The highest BCUT2D eigenvalue weighted by Gasteiger charge is 2.37. The van der Waals surface area contributed by atoms with Crippen molar-refractivity contribution >= 4 is 12.0 Å². The van der Waals surface area contributed by atoms with Crippen molar-refractivity contribution in [2.45, 2.75) is 38.8 Å². The quantitative estimate of drug-likeness (QED) is 0.740. The van der Waals surface area contributed by atoms with Crippen molar-refractivity contribution in [3.63, 3.8) is 0 Å². The van der Waals surface area contributed by atoms with E-state index < -0.39 is 12.1 Å². The van der Waals surface area contributed by atoms with Crippen LogP contribution in [0.15, 0.2) is 0 Å². The number of carboxylic acid groups (broad SMARTS) is 1. The van der Waals surface area contributed by atoms with E-state index in [-0.39, 0.29) is 18.6 Å². The van der Waals surface area contributed by atoms with Gasteiger partial charge in [-0.1, -0.05) is 13.8 Å². The van der Waals surface area contributed by atoms with Gasteiger partial charge in [-0.25, -0.2) is 9.59 Å². The minimum absolute atomic E-state index is 0.0769. The van der Waals surface area contributed by atoms with Crippen LogP contribution < -0.4 is 0 Å². The molecule has 18 heavy (non-hydrogen) atoms. The second-order valence-corrected chi connectivity index (χ2v) is 4.51. The van der Waals surface area contributed by atoms with Crippen LogP contribution in [0.1, 0.15) is 26.7 Å². The van der Waals surface area contributed by atoms with Crippen LogP contribution in [-0.2, 0) is 9.53 Å². The van der Waals surface area contributed by atoms with Gasteiger partial charge in [-0.15, -0.1) is 0 Å². The zero-order valence-electron chi connectivity index (χ0n) is 11.3. The molecule has 6 nitrogen and oxygen atoms in total. The molecule has 0 aromatic heterocycles. The number of hydrogen-bond acceptors (Lipinski definition) is 3. The lowest BCUT2D eigenvalue weighted by molar-refractivity contribution is -0.149. The van der Waals surface area contributed by atoms with Crippen LogP contribution in [0, 0.1) is 0 Å².